The minimum Gasteiger partial charge on any atom is -0.379 e. The highest BCUT2D eigenvalue weighted by molar-refractivity contribution is 7.13. The number of carbonyl (C=O) groups is 1. The van der Waals surface area contributed by atoms with Gasteiger partial charge in [-0.05, 0) is 44.5 Å². The molecule has 2 atom stereocenters. The van der Waals surface area contributed by atoms with E-state index in [1.54, 1.807) is 11.3 Å². The first-order valence-corrected chi connectivity index (χ1v) is 11.3. The number of likely N-dealkylation sites (tertiary alicyclic amines) is 1. The molecule has 1 amide bonds. The number of aryl methyl sites for hydroxylation is 1. The smallest absolute Gasteiger partial charge is 0.237 e. The Kier molecular flexibility index (Phi) is 6.60. The molecule has 1 aromatic heterocycles. The van der Waals surface area contributed by atoms with Crippen molar-refractivity contribution in [3.8, 4) is 10.4 Å². The van der Waals surface area contributed by atoms with E-state index >= 15 is 0 Å². The van der Waals surface area contributed by atoms with E-state index in [9.17, 15) is 4.79 Å². The Bertz CT molecular complexity index is 816. The predicted molar refractivity (Wildman–Crippen MR) is 116 cm³/mol. The van der Waals surface area contributed by atoms with Crippen molar-refractivity contribution < 1.29 is 9.53 Å². The van der Waals surface area contributed by atoms with Gasteiger partial charge in [0.2, 0.25) is 5.91 Å². The number of benzene rings is 1. The minimum atomic E-state index is -0.0220. The third-order valence-electron chi connectivity index (χ3n) is 6.00. The Morgan fingerprint density at radius 1 is 1.28 bits per heavy atom. The molecule has 0 saturated carbocycles. The van der Waals surface area contributed by atoms with Gasteiger partial charge in [-0.3, -0.25) is 14.6 Å². The Balaban J connectivity index is 1.52. The van der Waals surface area contributed by atoms with Gasteiger partial charge in [-0.1, -0.05) is 24.3 Å². The number of aromatic nitrogens is 1. The minimum absolute atomic E-state index is 0.0127. The van der Waals surface area contributed by atoms with Crippen LogP contribution in [0, 0.1) is 6.92 Å². The zero-order valence-electron chi connectivity index (χ0n) is 17.3. The summed E-state index contributed by atoms with van der Waals surface area (Å²) in [6.07, 6.45) is 2.03. The quantitative estimate of drug-likeness (QED) is 0.788. The lowest BCUT2D eigenvalue weighted by Gasteiger charge is -2.32. The Morgan fingerprint density at radius 3 is 2.66 bits per heavy atom. The number of nitrogens with zero attached hydrogens (tertiary/aromatic N) is 3. The van der Waals surface area contributed by atoms with Gasteiger partial charge in [0.15, 0.2) is 0 Å². The van der Waals surface area contributed by atoms with Crippen LogP contribution in [0.4, 0.5) is 0 Å². The normalized spacial score (nSPS) is 21.9. The molecule has 2 saturated heterocycles. The van der Waals surface area contributed by atoms with Crippen LogP contribution in [-0.4, -0.2) is 73.2 Å². The summed E-state index contributed by atoms with van der Waals surface area (Å²) in [7, 11) is 2.04. The summed E-state index contributed by atoms with van der Waals surface area (Å²) in [6.45, 7) is 7.19. The van der Waals surface area contributed by atoms with Gasteiger partial charge in [0, 0.05) is 19.6 Å². The van der Waals surface area contributed by atoms with Crippen LogP contribution in [0.5, 0.6) is 0 Å². The molecular formula is C22H30N4O2S. The lowest BCUT2D eigenvalue weighted by atomic mass is 10.0. The molecule has 2 aliphatic rings. The van der Waals surface area contributed by atoms with Crippen molar-refractivity contribution in [3.63, 3.8) is 0 Å². The maximum absolute atomic E-state index is 13.0. The lowest BCUT2D eigenvalue weighted by molar-refractivity contribution is -0.126. The van der Waals surface area contributed by atoms with Crippen LogP contribution >= 0.6 is 11.3 Å². The first kappa shape index (κ1) is 20.5. The topological polar surface area (TPSA) is 57.7 Å². The van der Waals surface area contributed by atoms with Crippen LogP contribution in [0.25, 0.3) is 10.4 Å². The SMILES string of the molecule is Cc1ncsc1-c1ccc(C(CN2CCOCC2)NC(=O)C2CCCN2C)cc1. The van der Waals surface area contributed by atoms with Crippen molar-refractivity contribution in [1.82, 2.24) is 20.1 Å². The fraction of sp³-hybridized carbons (Fsp3) is 0.545. The van der Waals surface area contributed by atoms with Crippen molar-refractivity contribution in [2.24, 2.45) is 0 Å². The molecule has 156 valence electrons. The van der Waals surface area contributed by atoms with E-state index in [2.05, 4.69) is 44.4 Å². The number of morpholine rings is 1. The number of hydrogen-bond acceptors (Lipinski definition) is 6. The van der Waals surface area contributed by atoms with Gasteiger partial charge < -0.3 is 10.1 Å². The second-order valence-corrected chi connectivity index (χ2v) is 8.86. The number of hydrogen-bond donors (Lipinski definition) is 1. The molecule has 2 unspecified atom stereocenters. The van der Waals surface area contributed by atoms with Crippen molar-refractivity contribution in [2.75, 3.05) is 46.4 Å². The first-order valence-electron chi connectivity index (χ1n) is 10.4. The maximum Gasteiger partial charge on any atom is 0.237 e. The average Bonchev–Trinajstić information content (AvgIpc) is 3.36. The summed E-state index contributed by atoms with van der Waals surface area (Å²) in [4.78, 5) is 23.1. The first-order chi connectivity index (χ1) is 14.1. The second kappa shape index (κ2) is 9.34. The molecule has 2 aliphatic heterocycles. The van der Waals surface area contributed by atoms with Gasteiger partial charge in [-0.15, -0.1) is 11.3 Å². The molecule has 3 heterocycles. The van der Waals surface area contributed by atoms with E-state index in [-0.39, 0.29) is 18.0 Å². The number of amides is 1. The third-order valence-corrected chi connectivity index (χ3v) is 6.98. The molecule has 0 radical (unpaired) electrons. The van der Waals surface area contributed by atoms with Gasteiger partial charge in [0.05, 0.1) is 41.4 Å². The van der Waals surface area contributed by atoms with E-state index < -0.39 is 0 Å². The van der Waals surface area contributed by atoms with Gasteiger partial charge in [-0.25, -0.2) is 4.98 Å². The molecule has 6 nitrogen and oxygen atoms in total. The monoisotopic (exact) mass is 414 g/mol. The molecule has 1 N–H and O–H groups in total. The van der Waals surface area contributed by atoms with Gasteiger partial charge in [0.25, 0.3) is 0 Å². The predicted octanol–water partition coefficient (Wildman–Crippen LogP) is 2.70. The highest BCUT2D eigenvalue weighted by Crippen LogP contribution is 2.28. The summed E-state index contributed by atoms with van der Waals surface area (Å²) >= 11 is 1.66. The Labute approximate surface area is 176 Å². The number of ether oxygens (including phenoxy) is 1. The summed E-state index contributed by atoms with van der Waals surface area (Å²) in [5, 5.41) is 3.35. The van der Waals surface area contributed by atoms with Crippen LogP contribution in [0.2, 0.25) is 0 Å². The van der Waals surface area contributed by atoms with Crippen LogP contribution in [0.3, 0.4) is 0 Å². The van der Waals surface area contributed by atoms with Crippen molar-refractivity contribution in [1.29, 1.82) is 0 Å². The molecule has 1 aromatic carbocycles. The molecule has 0 bridgehead atoms. The number of nitrogens with one attached hydrogen (secondary N) is 1. The zero-order chi connectivity index (χ0) is 20.2. The molecule has 0 aliphatic carbocycles. The summed E-state index contributed by atoms with van der Waals surface area (Å²) in [5.41, 5.74) is 5.28. The van der Waals surface area contributed by atoms with Gasteiger partial charge in [-0.2, -0.15) is 0 Å². The van der Waals surface area contributed by atoms with Crippen LogP contribution in [0.15, 0.2) is 29.8 Å². The van der Waals surface area contributed by atoms with Gasteiger partial charge in [0.1, 0.15) is 0 Å². The van der Waals surface area contributed by atoms with Crippen molar-refractivity contribution in [3.05, 3.63) is 41.0 Å². The van der Waals surface area contributed by atoms with E-state index in [1.807, 2.05) is 19.5 Å². The molecular weight excluding hydrogens is 384 g/mol. The van der Waals surface area contributed by atoms with Gasteiger partial charge >= 0.3 is 0 Å². The number of carbonyl (C=O) groups excluding carboxylic acids is 1. The van der Waals surface area contributed by atoms with E-state index in [1.165, 1.54) is 10.4 Å². The fourth-order valence-corrected chi connectivity index (χ4v) is 5.04. The second-order valence-electron chi connectivity index (χ2n) is 8.00. The lowest BCUT2D eigenvalue weighted by Crippen LogP contribution is -2.47. The highest BCUT2D eigenvalue weighted by Gasteiger charge is 2.30. The molecule has 7 heteroatoms. The highest BCUT2D eigenvalue weighted by atomic mass is 32.1. The standard InChI is InChI=1S/C22H30N4O2S/c1-16-21(29-15-23-16)18-7-5-17(6-8-18)19(14-26-10-12-28-13-11-26)24-22(27)20-4-3-9-25(20)2/h5-8,15,19-20H,3-4,9-14H2,1-2H3,(H,24,27). The van der Waals surface area contributed by atoms with Crippen molar-refractivity contribution >= 4 is 17.2 Å². The van der Waals surface area contributed by atoms with E-state index in [4.69, 9.17) is 4.74 Å². The Hall–Kier alpha value is -1.80. The average molecular weight is 415 g/mol. The summed E-state index contributed by atoms with van der Waals surface area (Å²) in [5.74, 6) is 0.144. The largest absolute Gasteiger partial charge is 0.379 e. The van der Waals surface area contributed by atoms with Crippen molar-refractivity contribution in [2.45, 2.75) is 31.8 Å². The van der Waals surface area contributed by atoms with Crippen LogP contribution < -0.4 is 5.32 Å². The van der Waals surface area contributed by atoms with E-state index in [0.717, 1.165) is 63.5 Å². The number of likely N-dealkylation sites (N-methyl/N-ethyl adjacent to an activating group) is 1. The fourth-order valence-electron chi connectivity index (χ4n) is 4.23. The summed E-state index contributed by atoms with van der Waals surface area (Å²) in [6, 6.07) is 8.57. The molecule has 0 spiro atoms. The number of rotatable bonds is 6. The Morgan fingerprint density at radius 2 is 2.03 bits per heavy atom. The number of thiazole rings is 1. The molecule has 2 aromatic rings. The van der Waals surface area contributed by atoms with E-state index in [0.29, 0.717) is 0 Å². The van der Waals surface area contributed by atoms with Crippen LogP contribution in [-0.2, 0) is 9.53 Å². The molecule has 29 heavy (non-hydrogen) atoms. The molecule has 2 fully saturated rings. The maximum atomic E-state index is 13.0. The zero-order valence-corrected chi connectivity index (χ0v) is 18.1. The summed E-state index contributed by atoms with van der Waals surface area (Å²) < 4.78 is 5.49. The van der Waals surface area contributed by atoms with Crippen LogP contribution in [0.1, 0.15) is 30.1 Å². The third kappa shape index (κ3) is 4.86. The molecule has 4 rings (SSSR count).